The molecule has 0 aromatic carbocycles. The van der Waals surface area contributed by atoms with Crippen molar-refractivity contribution in [2.24, 2.45) is 5.73 Å². The lowest BCUT2D eigenvalue weighted by molar-refractivity contribution is 0.207. The third-order valence-corrected chi connectivity index (χ3v) is 2.52. The molecular weight excluding hydrogens is 176 g/mol. The molecule has 0 spiro atoms. The van der Waals surface area contributed by atoms with E-state index in [0.29, 0.717) is 6.04 Å². The van der Waals surface area contributed by atoms with Crippen molar-refractivity contribution in [3.05, 3.63) is 0 Å². The van der Waals surface area contributed by atoms with Gasteiger partial charge < -0.3 is 16.4 Å². The largest absolute Gasteiger partial charge is 0.327 e. The van der Waals surface area contributed by atoms with Crippen molar-refractivity contribution in [3.63, 3.8) is 0 Å². The first kappa shape index (κ1) is 11.9. The summed E-state index contributed by atoms with van der Waals surface area (Å²) in [4.78, 5) is 2.50. The van der Waals surface area contributed by atoms with Gasteiger partial charge in [0.1, 0.15) is 0 Å². The SMILES string of the molecule is CC(N)CNCCN1CCNC(C)C1. The molecule has 1 aliphatic heterocycles. The molecule has 0 aliphatic carbocycles. The van der Waals surface area contributed by atoms with E-state index in [2.05, 4.69) is 22.5 Å². The molecule has 1 saturated heterocycles. The van der Waals surface area contributed by atoms with Gasteiger partial charge in [0, 0.05) is 51.4 Å². The van der Waals surface area contributed by atoms with Crippen LogP contribution < -0.4 is 16.4 Å². The van der Waals surface area contributed by atoms with Crippen LogP contribution in [0.1, 0.15) is 13.8 Å². The van der Waals surface area contributed by atoms with Crippen molar-refractivity contribution in [1.29, 1.82) is 0 Å². The second kappa shape index (κ2) is 6.35. The highest BCUT2D eigenvalue weighted by molar-refractivity contribution is 4.75. The molecule has 4 nitrogen and oxygen atoms in total. The fraction of sp³-hybridized carbons (Fsp3) is 1.00. The van der Waals surface area contributed by atoms with Crippen molar-refractivity contribution < 1.29 is 0 Å². The number of nitrogens with two attached hydrogens (primary N) is 1. The topological polar surface area (TPSA) is 53.3 Å². The Hall–Kier alpha value is -0.160. The summed E-state index contributed by atoms with van der Waals surface area (Å²) in [5, 5.41) is 6.80. The van der Waals surface area contributed by atoms with E-state index in [4.69, 9.17) is 5.73 Å². The Labute approximate surface area is 87.2 Å². The van der Waals surface area contributed by atoms with Gasteiger partial charge in [-0.15, -0.1) is 0 Å². The third-order valence-electron chi connectivity index (χ3n) is 2.52. The van der Waals surface area contributed by atoms with Gasteiger partial charge in [-0.25, -0.2) is 0 Å². The fourth-order valence-corrected chi connectivity index (χ4v) is 1.78. The van der Waals surface area contributed by atoms with Crippen LogP contribution in [-0.4, -0.2) is 56.3 Å². The summed E-state index contributed by atoms with van der Waals surface area (Å²) in [6, 6.07) is 0.897. The molecule has 0 amide bonds. The molecule has 1 heterocycles. The first-order valence-corrected chi connectivity index (χ1v) is 5.60. The van der Waals surface area contributed by atoms with Gasteiger partial charge in [0.15, 0.2) is 0 Å². The molecular formula is C10H24N4. The molecule has 0 radical (unpaired) electrons. The van der Waals surface area contributed by atoms with Crippen LogP contribution in [0.5, 0.6) is 0 Å². The number of hydrogen-bond donors (Lipinski definition) is 3. The predicted octanol–water partition coefficient (Wildman–Crippen LogP) is -0.783. The van der Waals surface area contributed by atoms with Crippen molar-refractivity contribution in [1.82, 2.24) is 15.5 Å². The number of nitrogens with one attached hydrogen (secondary N) is 2. The van der Waals surface area contributed by atoms with Crippen molar-refractivity contribution in [3.8, 4) is 0 Å². The van der Waals surface area contributed by atoms with Crippen molar-refractivity contribution in [2.45, 2.75) is 25.9 Å². The van der Waals surface area contributed by atoms with Crippen LogP contribution in [0.2, 0.25) is 0 Å². The van der Waals surface area contributed by atoms with Crippen LogP contribution in [-0.2, 0) is 0 Å². The highest BCUT2D eigenvalue weighted by Gasteiger charge is 2.14. The summed E-state index contributed by atoms with van der Waals surface area (Å²) in [7, 11) is 0. The normalized spacial score (nSPS) is 26.4. The Balaban J connectivity index is 2.00. The highest BCUT2D eigenvalue weighted by atomic mass is 15.2. The van der Waals surface area contributed by atoms with Crippen LogP contribution >= 0.6 is 0 Å². The molecule has 4 N–H and O–H groups in total. The van der Waals surface area contributed by atoms with E-state index in [9.17, 15) is 0 Å². The number of piperazine rings is 1. The lowest BCUT2D eigenvalue weighted by Gasteiger charge is -2.31. The Kier molecular flexibility index (Phi) is 5.40. The van der Waals surface area contributed by atoms with Crippen LogP contribution in [0, 0.1) is 0 Å². The minimum absolute atomic E-state index is 0.261. The van der Waals surface area contributed by atoms with Gasteiger partial charge in [0.2, 0.25) is 0 Å². The van der Waals surface area contributed by atoms with Crippen LogP contribution in [0.25, 0.3) is 0 Å². The lowest BCUT2D eigenvalue weighted by Crippen LogP contribution is -2.50. The van der Waals surface area contributed by atoms with E-state index in [-0.39, 0.29) is 6.04 Å². The van der Waals surface area contributed by atoms with E-state index >= 15 is 0 Å². The molecule has 1 rings (SSSR count). The molecule has 1 fully saturated rings. The van der Waals surface area contributed by atoms with Crippen LogP contribution in [0.15, 0.2) is 0 Å². The molecule has 4 heteroatoms. The maximum atomic E-state index is 5.65. The van der Waals surface area contributed by atoms with Crippen LogP contribution in [0.3, 0.4) is 0 Å². The summed E-state index contributed by atoms with van der Waals surface area (Å²) >= 11 is 0. The van der Waals surface area contributed by atoms with Gasteiger partial charge in [-0.2, -0.15) is 0 Å². The Bertz CT molecular complexity index is 149. The first-order chi connectivity index (χ1) is 6.68. The molecule has 14 heavy (non-hydrogen) atoms. The Morgan fingerprint density at radius 1 is 1.64 bits per heavy atom. The Morgan fingerprint density at radius 2 is 2.43 bits per heavy atom. The van der Waals surface area contributed by atoms with E-state index in [0.717, 1.165) is 26.2 Å². The molecule has 0 bridgehead atoms. The monoisotopic (exact) mass is 200 g/mol. The second-order valence-electron chi connectivity index (χ2n) is 4.34. The predicted molar refractivity (Wildman–Crippen MR) is 60.4 cm³/mol. The van der Waals surface area contributed by atoms with Gasteiger partial charge in [0.05, 0.1) is 0 Å². The first-order valence-electron chi connectivity index (χ1n) is 5.60. The minimum atomic E-state index is 0.261. The summed E-state index contributed by atoms with van der Waals surface area (Å²) in [6.45, 7) is 10.8. The summed E-state index contributed by atoms with van der Waals surface area (Å²) in [5.41, 5.74) is 5.65. The zero-order chi connectivity index (χ0) is 10.4. The molecule has 2 unspecified atom stereocenters. The number of hydrogen-bond acceptors (Lipinski definition) is 4. The lowest BCUT2D eigenvalue weighted by atomic mass is 10.2. The molecule has 2 atom stereocenters. The second-order valence-corrected chi connectivity index (χ2v) is 4.34. The molecule has 0 aromatic heterocycles. The number of rotatable bonds is 5. The van der Waals surface area contributed by atoms with E-state index in [1.807, 2.05) is 6.92 Å². The van der Waals surface area contributed by atoms with Crippen molar-refractivity contribution >= 4 is 0 Å². The number of nitrogens with zero attached hydrogens (tertiary/aromatic N) is 1. The fourth-order valence-electron chi connectivity index (χ4n) is 1.78. The zero-order valence-corrected chi connectivity index (χ0v) is 9.42. The quantitative estimate of drug-likeness (QED) is 0.510. The van der Waals surface area contributed by atoms with Crippen molar-refractivity contribution in [2.75, 3.05) is 39.3 Å². The van der Waals surface area contributed by atoms with Gasteiger partial charge >= 0.3 is 0 Å². The van der Waals surface area contributed by atoms with Gasteiger partial charge in [-0.3, -0.25) is 4.90 Å². The van der Waals surface area contributed by atoms with E-state index < -0.39 is 0 Å². The average Bonchev–Trinajstić information content (AvgIpc) is 2.12. The standard InChI is InChI=1S/C10H24N4/c1-9(11)7-12-3-5-14-6-4-13-10(2)8-14/h9-10,12-13H,3-8,11H2,1-2H3. The summed E-state index contributed by atoms with van der Waals surface area (Å²) in [5.74, 6) is 0. The summed E-state index contributed by atoms with van der Waals surface area (Å²) < 4.78 is 0. The minimum Gasteiger partial charge on any atom is -0.327 e. The average molecular weight is 200 g/mol. The third kappa shape index (κ3) is 4.91. The van der Waals surface area contributed by atoms with E-state index in [1.54, 1.807) is 0 Å². The van der Waals surface area contributed by atoms with Gasteiger partial charge in [-0.05, 0) is 13.8 Å². The summed E-state index contributed by atoms with van der Waals surface area (Å²) in [6.07, 6.45) is 0. The molecule has 0 saturated carbocycles. The maximum Gasteiger partial charge on any atom is 0.0167 e. The zero-order valence-electron chi connectivity index (χ0n) is 9.42. The molecule has 0 aromatic rings. The highest BCUT2D eigenvalue weighted by Crippen LogP contribution is 1.96. The smallest absolute Gasteiger partial charge is 0.0167 e. The maximum absolute atomic E-state index is 5.65. The van der Waals surface area contributed by atoms with Gasteiger partial charge in [-0.1, -0.05) is 0 Å². The van der Waals surface area contributed by atoms with Gasteiger partial charge in [0.25, 0.3) is 0 Å². The van der Waals surface area contributed by atoms with Crippen LogP contribution in [0.4, 0.5) is 0 Å². The van der Waals surface area contributed by atoms with E-state index in [1.165, 1.54) is 13.1 Å². The molecule has 1 aliphatic rings. The molecule has 84 valence electrons. The Morgan fingerprint density at radius 3 is 3.07 bits per heavy atom.